The largest absolute Gasteiger partial charge is 0.422 e. The van der Waals surface area contributed by atoms with Crippen molar-refractivity contribution >= 4 is 17.2 Å². The van der Waals surface area contributed by atoms with Crippen LogP contribution in [0, 0.1) is 5.92 Å². The van der Waals surface area contributed by atoms with Crippen molar-refractivity contribution in [3.05, 3.63) is 27.9 Å². The summed E-state index contributed by atoms with van der Waals surface area (Å²) >= 11 is 1.62. The molecule has 2 atom stereocenters. The van der Waals surface area contributed by atoms with Crippen molar-refractivity contribution in [2.24, 2.45) is 5.92 Å². The minimum absolute atomic E-state index is 0.0228. The van der Waals surface area contributed by atoms with Crippen molar-refractivity contribution in [1.29, 1.82) is 0 Å². The van der Waals surface area contributed by atoms with Gasteiger partial charge in [0.05, 0.1) is 5.01 Å². The van der Waals surface area contributed by atoms with E-state index in [4.69, 9.17) is 4.42 Å². The van der Waals surface area contributed by atoms with Gasteiger partial charge in [-0.15, -0.1) is 21.5 Å². The van der Waals surface area contributed by atoms with E-state index >= 15 is 0 Å². The first kappa shape index (κ1) is 15.5. The first-order chi connectivity index (χ1) is 12.1. The summed E-state index contributed by atoms with van der Waals surface area (Å²) in [7, 11) is 0. The second-order valence-electron chi connectivity index (χ2n) is 7.85. The van der Waals surface area contributed by atoms with E-state index in [1.54, 1.807) is 11.3 Å². The van der Waals surface area contributed by atoms with Crippen LogP contribution in [0.15, 0.2) is 9.80 Å². The number of nitrogens with zero attached hydrogens (tertiary/aromatic N) is 4. The van der Waals surface area contributed by atoms with Gasteiger partial charge in [0, 0.05) is 23.8 Å². The SMILES string of the molecule is CC(C)c1nnc([C@]23CC[C@H]2CCN3C(=O)c2csc(C3CC3)n2)o1. The molecule has 5 rings (SSSR count). The number of carbonyl (C=O) groups excluding carboxylic acids is 1. The fourth-order valence-electron chi connectivity index (χ4n) is 4.21. The zero-order valence-electron chi connectivity index (χ0n) is 14.6. The van der Waals surface area contributed by atoms with Gasteiger partial charge < -0.3 is 9.32 Å². The molecule has 2 aromatic heterocycles. The number of carbonyl (C=O) groups is 1. The summed E-state index contributed by atoms with van der Waals surface area (Å²) in [6.45, 7) is 4.83. The first-order valence-electron chi connectivity index (χ1n) is 9.21. The summed E-state index contributed by atoms with van der Waals surface area (Å²) in [5, 5.41) is 11.6. The quantitative estimate of drug-likeness (QED) is 0.834. The van der Waals surface area contributed by atoms with Crippen molar-refractivity contribution < 1.29 is 9.21 Å². The predicted octanol–water partition coefficient (Wildman–Crippen LogP) is 3.68. The average Bonchev–Trinajstić information content (AvgIpc) is 3.02. The molecule has 6 nitrogen and oxygen atoms in total. The molecule has 0 unspecified atom stereocenters. The van der Waals surface area contributed by atoms with Gasteiger partial charge in [-0.3, -0.25) is 4.79 Å². The molecular weight excluding hydrogens is 336 g/mol. The minimum Gasteiger partial charge on any atom is -0.422 e. The fraction of sp³-hybridized carbons (Fsp3) is 0.667. The standard InChI is InChI=1S/C18H22N4O2S/c1-10(2)14-20-21-17(24-14)18-7-5-12(18)6-8-22(18)16(23)13-9-25-15(19-13)11-3-4-11/h9-12H,3-8H2,1-2H3/t12-,18-/m0/s1. The van der Waals surface area contributed by atoms with Crippen LogP contribution in [-0.4, -0.2) is 32.5 Å². The summed E-state index contributed by atoms with van der Waals surface area (Å²) in [6.07, 6.45) is 5.44. The normalized spacial score (nSPS) is 28.3. The topological polar surface area (TPSA) is 72.1 Å². The van der Waals surface area contributed by atoms with E-state index < -0.39 is 5.54 Å². The lowest BCUT2D eigenvalue weighted by Crippen LogP contribution is -2.54. The Balaban J connectivity index is 1.47. The van der Waals surface area contributed by atoms with E-state index in [0.717, 1.165) is 30.8 Å². The van der Waals surface area contributed by atoms with E-state index in [1.807, 2.05) is 24.1 Å². The molecule has 3 heterocycles. The number of rotatable bonds is 4. The van der Waals surface area contributed by atoms with Gasteiger partial charge in [-0.2, -0.15) is 0 Å². The van der Waals surface area contributed by atoms with Crippen LogP contribution in [0.25, 0.3) is 0 Å². The Morgan fingerprint density at radius 2 is 2.16 bits per heavy atom. The van der Waals surface area contributed by atoms with E-state index in [0.29, 0.717) is 29.3 Å². The lowest BCUT2D eigenvalue weighted by molar-refractivity contribution is -0.00404. The molecule has 2 aliphatic carbocycles. The molecule has 0 bridgehead atoms. The molecule has 2 aromatic rings. The van der Waals surface area contributed by atoms with Crippen molar-refractivity contribution in [1.82, 2.24) is 20.1 Å². The third-order valence-electron chi connectivity index (χ3n) is 5.95. The van der Waals surface area contributed by atoms with E-state index in [9.17, 15) is 4.79 Å². The Bertz CT molecular complexity index is 825. The van der Waals surface area contributed by atoms with Gasteiger partial charge >= 0.3 is 0 Å². The maximum absolute atomic E-state index is 13.2. The number of thiazole rings is 1. The Morgan fingerprint density at radius 3 is 2.80 bits per heavy atom. The van der Waals surface area contributed by atoms with Crippen LogP contribution in [0.2, 0.25) is 0 Å². The van der Waals surface area contributed by atoms with Crippen LogP contribution in [0.4, 0.5) is 0 Å². The highest BCUT2D eigenvalue weighted by Crippen LogP contribution is 2.57. The number of aromatic nitrogens is 3. The molecule has 3 fully saturated rings. The van der Waals surface area contributed by atoms with Gasteiger partial charge in [0.1, 0.15) is 11.2 Å². The molecule has 0 spiro atoms. The monoisotopic (exact) mass is 358 g/mol. The van der Waals surface area contributed by atoms with Crippen molar-refractivity contribution in [2.45, 2.75) is 63.3 Å². The second-order valence-corrected chi connectivity index (χ2v) is 8.74. The number of amides is 1. The Morgan fingerprint density at radius 1 is 1.32 bits per heavy atom. The summed E-state index contributed by atoms with van der Waals surface area (Å²) in [5.74, 6) is 2.50. The molecular formula is C18H22N4O2S. The molecule has 1 saturated heterocycles. The Labute approximate surface area is 150 Å². The van der Waals surface area contributed by atoms with E-state index in [1.165, 1.54) is 12.8 Å². The van der Waals surface area contributed by atoms with Gasteiger partial charge in [-0.25, -0.2) is 4.98 Å². The van der Waals surface area contributed by atoms with Gasteiger partial charge in [-0.1, -0.05) is 13.8 Å². The number of likely N-dealkylation sites (tertiary alicyclic amines) is 1. The number of fused-ring (bicyclic) bond motifs is 1. The van der Waals surface area contributed by atoms with Crippen LogP contribution < -0.4 is 0 Å². The summed E-state index contributed by atoms with van der Waals surface area (Å²) in [5.41, 5.74) is 0.183. The predicted molar refractivity (Wildman–Crippen MR) is 92.5 cm³/mol. The molecule has 25 heavy (non-hydrogen) atoms. The van der Waals surface area contributed by atoms with Gasteiger partial charge in [0.15, 0.2) is 0 Å². The van der Waals surface area contributed by atoms with E-state index in [2.05, 4.69) is 15.2 Å². The summed E-state index contributed by atoms with van der Waals surface area (Å²) < 4.78 is 5.99. The molecule has 1 amide bonds. The maximum atomic E-state index is 13.2. The summed E-state index contributed by atoms with van der Waals surface area (Å²) in [4.78, 5) is 19.8. The third kappa shape index (κ3) is 2.21. The fourth-order valence-corrected chi connectivity index (χ4v) is 5.17. The van der Waals surface area contributed by atoms with Crippen LogP contribution in [0.5, 0.6) is 0 Å². The highest BCUT2D eigenvalue weighted by molar-refractivity contribution is 7.10. The number of hydrogen-bond donors (Lipinski definition) is 0. The lowest BCUT2D eigenvalue weighted by Gasteiger charge is -2.46. The zero-order valence-corrected chi connectivity index (χ0v) is 15.4. The molecule has 0 aromatic carbocycles. The highest BCUT2D eigenvalue weighted by atomic mass is 32.1. The van der Waals surface area contributed by atoms with Crippen LogP contribution >= 0.6 is 11.3 Å². The smallest absolute Gasteiger partial charge is 0.274 e. The van der Waals surface area contributed by atoms with Crippen LogP contribution in [-0.2, 0) is 5.54 Å². The zero-order chi connectivity index (χ0) is 17.2. The molecule has 0 N–H and O–H groups in total. The van der Waals surface area contributed by atoms with Gasteiger partial charge in [0.2, 0.25) is 11.8 Å². The van der Waals surface area contributed by atoms with Gasteiger partial charge in [0.25, 0.3) is 5.91 Å². The van der Waals surface area contributed by atoms with Crippen molar-refractivity contribution in [3.8, 4) is 0 Å². The molecule has 0 radical (unpaired) electrons. The first-order valence-corrected chi connectivity index (χ1v) is 10.1. The highest BCUT2D eigenvalue weighted by Gasteiger charge is 2.61. The molecule has 7 heteroatoms. The minimum atomic E-state index is -0.402. The van der Waals surface area contributed by atoms with Gasteiger partial charge in [-0.05, 0) is 38.0 Å². The Hall–Kier alpha value is -1.76. The van der Waals surface area contributed by atoms with E-state index in [-0.39, 0.29) is 11.8 Å². The molecule has 3 aliphatic rings. The molecule has 2 saturated carbocycles. The molecule has 1 aliphatic heterocycles. The van der Waals surface area contributed by atoms with Crippen LogP contribution in [0.1, 0.15) is 85.1 Å². The Kier molecular flexibility index (Phi) is 3.33. The third-order valence-corrected chi connectivity index (χ3v) is 6.96. The van der Waals surface area contributed by atoms with Crippen molar-refractivity contribution in [3.63, 3.8) is 0 Å². The van der Waals surface area contributed by atoms with Crippen LogP contribution in [0.3, 0.4) is 0 Å². The number of hydrogen-bond acceptors (Lipinski definition) is 6. The average molecular weight is 358 g/mol. The van der Waals surface area contributed by atoms with Crippen molar-refractivity contribution in [2.75, 3.05) is 6.54 Å². The molecule has 132 valence electrons. The lowest BCUT2D eigenvalue weighted by atomic mass is 9.67. The second kappa shape index (κ2) is 5.37. The maximum Gasteiger partial charge on any atom is 0.274 e. The summed E-state index contributed by atoms with van der Waals surface area (Å²) in [6, 6.07) is 0.